The van der Waals surface area contributed by atoms with Crippen LogP contribution >= 0.6 is 34.5 Å². The molecule has 1 aliphatic heterocycles. The molecule has 0 atom stereocenters. The second-order valence-corrected chi connectivity index (χ2v) is 11.4. The third-order valence-electron chi connectivity index (χ3n) is 6.62. The van der Waals surface area contributed by atoms with Gasteiger partial charge >= 0.3 is 0 Å². The van der Waals surface area contributed by atoms with Gasteiger partial charge in [0.2, 0.25) is 0 Å². The standard InChI is InChI=1S/C30H30Cl2N4O2S/c1-19(2)14-27-21(17-35-12-10-33-11-13-35)15-24(29-34-26(18-39-29)20-4-6-22(31)7-5-20)30(37)36(27)28-16-23(38-3)8-9-25(28)32/h4-9,14-16,18,33H,10-13,17H2,1-3H3. The van der Waals surface area contributed by atoms with Gasteiger partial charge in [0.05, 0.1) is 34.8 Å². The van der Waals surface area contributed by atoms with Crippen LogP contribution in [0.4, 0.5) is 0 Å². The van der Waals surface area contributed by atoms with Crippen molar-refractivity contribution in [2.45, 2.75) is 20.4 Å². The molecule has 0 aliphatic carbocycles. The molecule has 0 unspecified atom stereocenters. The number of piperazine rings is 1. The van der Waals surface area contributed by atoms with Gasteiger partial charge in [-0.15, -0.1) is 11.3 Å². The predicted molar refractivity (Wildman–Crippen MR) is 163 cm³/mol. The van der Waals surface area contributed by atoms with Crippen molar-refractivity contribution >= 4 is 40.6 Å². The minimum atomic E-state index is -0.182. The molecule has 0 amide bonds. The quantitative estimate of drug-likeness (QED) is 0.261. The maximum Gasteiger partial charge on any atom is 0.265 e. The summed E-state index contributed by atoms with van der Waals surface area (Å²) in [7, 11) is 1.60. The highest BCUT2D eigenvalue weighted by atomic mass is 35.5. The van der Waals surface area contributed by atoms with Crippen LogP contribution in [0.3, 0.4) is 0 Å². The van der Waals surface area contributed by atoms with E-state index >= 15 is 0 Å². The number of benzene rings is 2. The number of hydrogen-bond acceptors (Lipinski definition) is 6. The number of rotatable bonds is 7. The van der Waals surface area contributed by atoms with Crippen molar-refractivity contribution in [3.63, 3.8) is 0 Å². The summed E-state index contributed by atoms with van der Waals surface area (Å²) >= 11 is 14.3. The van der Waals surface area contributed by atoms with Crippen LogP contribution in [0.15, 0.2) is 64.3 Å². The first-order chi connectivity index (χ1) is 18.8. The molecule has 0 spiro atoms. The van der Waals surface area contributed by atoms with Gasteiger partial charge in [-0.1, -0.05) is 40.9 Å². The Bertz CT molecular complexity index is 1570. The zero-order chi connectivity index (χ0) is 27.5. The Morgan fingerprint density at radius 2 is 1.85 bits per heavy atom. The molecule has 1 aliphatic rings. The second kappa shape index (κ2) is 12.1. The van der Waals surface area contributed by atoms with Crippen LogP contribution in [-0.4, -0.2) is 47.7 Å². The monoisotopic (exact) mass is 580 g/mol. The van der Waals surface area contributed by atoms with E-state index in [9.17, 15) is 4.79 Å². The molecule has 1 saturated heterocycles. The van der Waals surface area contributed by atoms with Gasteiger partial charge in [0.1, 0.15) is 10.8 Å². The molecular formula is C30H30Cl2N4O2S. The van der Waals surface area contributed by atoms with Gasteiger partial charge in [-0.05, 0) is 55.8 Å². The lowest BCUT2D eigenvalue weighted by molar-refractivity contribution is 0.232. The number of methoxy groups -OCH3 is 1. The van der Waals surface area contributed by atoms with Gasteiger partial charge in [-0.3, -0.25) is 14.3 Å². The molecule has 2 aromatic heterocycles. The topological polar surface area (TPSA) is 59.4 Å². The molecule has 39 heavy (non-hydrogen) atoms. The Balaban J connectivity index is 1.74. The van der Waals surface area contributed by atoms with Crippen LogP contribution in [0.1, 0.15) is 25.1 Å². The molecule has 0 saturated carbocycles. The minimum Gasteiger partial charge on any atom is -0.497 e. The number of nitrogens with one attached hydrogen (secondary N) is 1. The Kier molecular flexibility index (Phi) is 8.54. The summed E-state index contributed by atoms with van der Waals surface area (Å²) in [6, 6.07) is 14.9. The van der Waals surface area contributed by atoms with E-state index in [1.165, 1.54) is 11.3 Å². The molecule has 4 aromatic rings. The summed E-state index contributed by atoms with van der Waals surface area (Å²) in [6.07, 6.45) is 2.06. The van der Waals surface area contributed by atoms with Crippen molar-refractivity contribution < 1.29 is 4.74 Å². The fraction of sp³-hybridized carbons (Fsp3) is 0.267. The van der Waals surface area contributed by atoms with Crippen molar-refractivity contribution in [3.05, 3.63) is 91.1 Å². The molecule has 0 radical (unpaired) electrons. The highest BCUT2D eigenvalue weighted by molar-refractivity contribution is 7.13. The van der Waals surface area contributed by atoms with Gasteiger partial charge in [0, 0.05) is 54.8 Å². The molecule has 1 N–H and O–H groups in total. The molecule has 2 aromatic carbocycles. The van der Waals surface area contributed by atoms with Crippen molar-refractivity contribution in [2.24, 2.45) is 0 Å². The fourth-order valence-electron chi connectivity index (χ4n) is 4.68. The smallest absolute Gasteiger partial charge is 0.265 e. The highest BCUT2D eigenvalue weighted by Gasteiger charge is 2.22. The molecule has 0 bridgehead atoms. The number of halogens is 2. The van der Waals surface area contributed by atoms with Crippen LogP contribution in [0.5, 0.6) is 5.75 Å². The Labute approximate surface area is 242 Å². The summed E-state index contributed by atoms with van der Waals surface area (Å²) in [5, 5.41) is 7.18. The van der Waals surface area contributed by atoms with Crippen molar-refractivity contribution in [1.82, 2.24) is 19.8 Å². The van der Waals surface area contributed by atoms with Gasteiger partial charge in [-0.2, -0.15) is 0 Å². The van der Waals surface area contributed by atoms with Crippen molar-refractivity contribution in [1.29, 1.82) is 0 Å². The normalized spacial score (nSPS) is 13.9. The van der Waals surface area contributed by atoms with Crippen LogP contribution in [0.25, 0.3) is 33.6 Å². The van der Waals surface area contributed by atoms with Crippen LogP contribution in [-0.2, 0) is 6.54 Å². The number of ether oxygens (including phenoxy) is 1. The average Bonchev–Trinajstić information content (AvgIpc) is 3.42. The lowest BCUT2D eigenvalue weighted by atomic mass is 10.1. The number of hydrogen-bond donors (Lipinski definition) is 1. The second-order valence-electron chi connectivity index (χ2n) is 9.72. The van der Waals surface area contributed by atoms with E-state index in [1.807, 2.05) is 55.6 Å². The Morgan fingerprint density at radius 1 is 1.10 bits per heavy atom. The fourth-order valence-corrected chi connectivity index (χ4v) is 5.85. The first-order valence-electron chi connectivity index (χ1n) is 12.8. The van der Waals surface area contributed by atoms with E-state index < -0.39 is 0 Å². The zero-order valence-corrected chi connectivity index (χ0v) is 24.5. The number of nitrogens with zero attached hydrogens (tertiary/aromatic N) is 3. The largest absolute Gasteiger partial charge is 0.497 e. The molecule has 6 nitrogen and oxygen atoms in total. The summed E-state index contributed by atoms with van der Waals surface area (Å²) in [5.74, 6) is 0.623. The third kappa shape index (κ3) is 6.13. The van der Waals surface area contributed by atoms with E-state index in [4.69, 9.17) is 32.9 Å². The van der Waals surface area contributed by atoms with E-state index in [0.29, 0.717) is 38.6 Å². The summed E-state index contributed by atoms with van der Waals surface area (Å²) in [6.45, 7) is 8.49. The molecule has 5 rings (SSSR count). The van der Waals surface area contributed by atoms with Crippen LogP contribution in [0.2, 0.25) is 10.0 Å². The van der Waals surface area contributed by atoms with E-state index in [-0.39, 0.29) is 5.56 Å². The zero-order valence-electron chi connectivity index (χ0n) is 22.1. The minimum absolute atomic E-state index is 0.182. The van der Waals surface area contributed by atoms with Crippen LogP contribution < -0.4 is 15.6 Å². The Hall–Kier alpha value is -2.94. The average molecular weight is 582 g/mol. The molecule has 9 heteroatoms. The van der Waals surface area contributed by atoms with Gasteiger partial charge < -0.3 is 10.1 Å². The van der Waals surface area contributed by atoms with Gasteiger partial charge in [0.25, 0.3) is 5.56 Å². The van der Waals surface area contributed by atoms with Crippen LogP contribution in [0, 0.1) is 0 Å². The van der Waals surface area contributed by atoms with Gasteiger partial charge in [-0.25, -0.2) is 4.98 Å². The maximum atomic E-state index is 14.3. The molecular weight excluding hydrogens is 551 g/mol. The highest BCUT2D eigenvalue weighted by Crippen LogP contribution is 2.32. The first-order valence-corrected chi connectivity index (χ1v) is 14.4. The predicted octanol–water partition coefficient (Wildman–Crippen LogP) is 6.77. The lowest BCUT2D eigenvalue weighted by Crippen LogP contribution is -2.43. The van der Waals surface area contributed by atoms with Crippen molar-refractivity contribution in [2.75, 3.05) is 33.3 Å². The van der Waals surface area contributed by atoms with Crippen molar-refractivity contribution in [3.8, 4) is 33.3 Å². The van der Waals surface area contributed by atoms with Gasteiger partial charge in [0.15, 0.2) is 0 Å². The molecule has 3 heterocycles. The van der Waals surface area contributed by atoms with E-state index in [1.54, 1.807) is 23.8 Å². The first kappa shape index (κ1) is 27.6. The van der Waals surface area contributed by atoms with E-state index in [2.05, 4.69) is 16.3 Å². The lowest BCUT2D eigenvalue weighted by Gasteiger charge is -2.28. The Morgan fingerprint density at radius 3 is 2.54 bits per heavy atom. The maximum absolute atomic E-state index is 14.3. The molecule has 1 fully saturated rings. The summed E-state index contributed by atoms with van der Waals surface area (Å²) in [4.78, 5) is 21.6. The third-order valence-corrected chi connectivity index (χ3v) is 8.07. The number of aromatic nitrogens is 2. The SMILES string of the molecule is COc1ccc(Cl)c(-n2c(C=C(C)C)c(CN3CCNCC3)cc(-c3nc(-c4ccc(Cl)cc4)cs3)c2=O)c1. The number of thiazole rings is 1. The number of allylic oxidation sites excluding steroid dienone is 1. The van der Waals surface area contributed by atoms with E-state index in [0.717, 1.165) is 54.3 Å². The number of pyridine rings is 1. The summed E-state index contributed by atoms with van der Waals surface area (Å²) < 4.78 is 7.21. The summed E-state index contributed by atoms with van der Waals surface area (Å²) in [5.41, 5.74) is 5.60. The molecule has 202 valence electrons.